The zero-order chi connectivity index (χ0) is 10.8. The Labute approximate surface area is 96.1 Å². The molecule has 0 aromatic carbocycles. The molecule has 0 radical (unpaired) electrons. The third kappa shape index (κ3) is 2.42. The third-order valence-electron chi connectivity index (χ3n) is 1.82. The van der Waals surface area contributed by atoms with E-state index in [0.29, 0.717) is 10.00 Å². The van der Waals surface area contributed by atoms with E-state index in [1.165, 1.54) is 11.3 Å². The summed E-state index contributed by atoms with van der Waals surface area (Å²) in [6, 6.07) is 0.359. The highest BCUT2D eigenvalue weighted by Gasteiger charge is 2.03. The molecule has 7 heteroatoms. The van der Waals surface area contributed by atoms with E-state index in [1.54, 1.807) is 6.20 Å². The van der Waals surface area contributed by atoms with Crippen molar-refractivity contribution in [3.05, 3.63) is 16.3 Å². The number of nitrogens with zero attached hydrogens (tertiary/aromatic N) is 3. The molecule has 0 saturated carbocycles. The molecule has 0 atom stereocenters. The minimum atomic E-state index is 0.359. The van der Waals surface area contributed by atoms with Crippen LogP contribution in [0.1, 0.15) is 19.9 Å². The molecule has 2 heterocycles. The van der Waals surface area contributed by atoms with Crippen LogP contribution in [-0.4, -0.2) is 20.0 Å². The predicted octanol–water partition coefficient (Wildman–Crippen LogP) is 2.72. The number of hydrogen-bond acceptors (Lipinski definition) is 5. The van der Waals surface area contributed by atoms with E-state index in [0.717, 1.165) is 10.8 Å². The molecule has 0 bridgehead atoms. The predicted molar refractivity (Wildman–Crippen MR) is 63.2 cm³/mol. The van der Waals surface area contributed by atoms with Crippen molar-refractivity contribution in [1.82, 2.24) is 20.0 Å². The van der Waals surface area contributed by atoms with Gasteiger partial charge < -0.3 is 5.32 Å². The van der Waals surface area contributed by atoms with Gasteiger partial charge in [-0.15, -0.1) is 5.10 Å². The summed E-state index contributed by atoms with van der Waals surface area (Å²) >= 11 is 6.34. The van der Waals surface area contributed by atoms with E-state index in [4.69, 9.17) is 12.2 Å². The number of anilines is 2. The molecule has 0 aliphatic carbocycles. The molecule has 2 rings (SSSR count). The van der Waals surface area contributed by atoms with Crippen LogP contribution in [0.3, 0.4) is 0 Å². The van der Waals surface area contributed by atoms with Gasteiger partial charge in [-0.2, -0.15) is 5.10 Å². The van der Waals surface area contributed by atoms with E-state index >= 15 is 0 Å². The summed E-state index contributed by atoms with van der Waals surface area (Å²) in [5, 5.41) is 14.8. The fraction of sp³-hybridized carbons (Fsp3) is 0.375. The molecule has 0 aliphatic heterocycles. The van der Waals surface area contributed by atoms with Gasteiger partial charge in [0.15, 0.2) is 3.95 Å². The molecular formula is C8H11N5S2. The molecule has 80 valence electrons. The van der Waals surface area contributed by atoms with Crippen LogP contribution in [0.4, 0.5) is 10.8 Å². The lowest BCUT2D eigenvalue weighted by molar-refractivity contribution is 0.532. The zero-order valence-electron chi connectivity index (χ0n) is 8.39. The lowest BCUT2D eigenvalue weighted by Gasteiger charge is -2.02. The van der Waals surface area contributed by atoms with Crippen LogP contribution in [-0.2, 0) is 0 Å². The van der Waals surface area contributed by atoms with E-state index in [1.807, 2.05) is 10.9 Å². The fourth-order valence-corrected chi connectivity index (χ4v) is 1.90. The normalized spacial score (nSPS) is 10.9. The van der Waals surface area contributed by atoms with Crippen molar-refractivity contribution in [3.8, 4) is 0 Å². The van der Waals surface area contributed by atoms with Crippen LogP contribution in [0.2, 0.25) is 0 Å². The Kier molecular flexibility index (Phi) is 2.83. The molecule has 2 N–H and O–H groups in total. The Morgan fingerprint density at radius 1 is 1.60 bits per heavy atom. The monoisotopic (exact) mass is 241 g/mol. The van der Waals surface area contributed by atoms with E-state index in [2.05, 4.69) is 34.5 Å². The summed E-state index contributed by atoms with van der Waals surface area (Å²) in [6.45, 7) is 4.16. The second-order valence-corrected chi connectivity index (χ2v) is 5.01. The highest BCUT2D eigenvalue weighted by Crippen LogP contribution is 2.18. The van der Waals surface area contributed by atoms with Gasteiger partial charge in [0.2, 0.25) is 5.13 Å². The highest BCUT2D eigenvalue weighted by molar-refractivity contribution is 7.73. The molecule has 0 unspecified atom stereocenters. The smallest absolute Gasteiger partial charge is 0.208 e. The molecule has 0 aliphatic rings. The standard InChI is InChI=1S/C8H11N5S2/c1-5(2)13-4-6(3-9-13)10-7-11-12-8(14)15-7/h3-5H,1-2H3,(H,10,11)(H,12,14). The van der Waals surface area contributed by atoms with Crippen molar-refractivity contribution in [2.24, 2.45) is 0 Å². The minimum Gasteiger partial charge on any atom is -0.328 e. The fourth-order valence-electron chi connectivity index (χ4n) is 1.09. The average molecular weight is 241 g/mol. The summed E-state index contributed by atoms with van der Waals surface area (Å²) in [7, 11) is 0. The SMILES string of the molecule is CC(C)n1cc(Nc2n[nH]c(=S)s2)cn1. The second-order valence-electron chi connectivity index (χ2n) is 3.35. The van der Waals surface area contributed by atoms with Crippen molar-refractivity contribution < 1.29 is 0 Å². The van der Waals surface area contributed by atoms with Gasteiger partial charge in [0.05, 0.1) is 11.9 Å². The van der Waals surface area contributed by atoms with Crippen LogP contribution in [0.5, 0.6) is 0 Å². The first kappa shape index (κ1) is 10.3. The molecule has 0 saturated heterocycles. The van der Waals surface area contributed by atoms with Gasteiger partial charge in [-0.3, -0.25) is 9.78 Å². The van der Waals surface area contributed by atoms with E-state index in [-0.39, 0.29) is 0 Å². The van der Waals surface area contributed by atoms with Crippen molar-refractivity contribution in [3.63, 3.8) is 0 Å². The molecule has 15 heavy (non-hydrogen) atoms. The van der Waals surface area contributed by atoms with Crippen LogP contribution in [0, 0.1) is 3.95 Å². The Morgan fingerprint density at radius 2 is 2.40 bits per heavy atom. The molecule has 0 spiro atoms. The first-order chi connectivity index (χ1) is 7.15. The third-order valence-corrected chi connectivity index (χ3v) is 2.82. The van der Waals surface area contributed by atoms with Crippen molar-refractivity contribution in [1.29, 1.82) is 0 Å². The van der Waals surface area contributed by atoms with E-state index < -0.39 is 0 Å². The van der Waals surface area contributed by atoms with Crippen molar-refractivity contribution >= 4 is 34.4 Å². The quantitative estimate of drug-likeness (QED) is 0.811. The van der Waals surface area contributed by atoms with Gasteiger partial charge in [0, 0.05) is 12.2 Å². The number of aromatic amines is 1. The maximum Gasteiger partial charge on any atom is 0.208 e. The molecule has 0 fully saturated rings. The van der Waals surface area contributed by atoms with Gasteiger partial charge in [-0.05, 0) is 26.1 Å². The Morgan fingerprint density at radius 3 is 2.93 bits per heavy atom. The highest BCUT2D eigenvalue weighted by atomic mass is 32.1. The van der Waals surface area contributed by atoms with Crippen LogP contribution < -0.4 is 5.32 Å². The summed E-state index contributed by atoms with van der Waals surface area (Å²) in [4.78, 5) is 0. The maximum atomic E-state index is 4.94. The lowest BCUT2D eigenvalue weighted by Crippen LogP contribution is -1.99. The van der Waals surface area contributed by atoms with E-state index in [9.17, 15) is 0 Å². The molecule has 5 nitrogen and oxygen atoms in total. The Bertz CT molecular complexity index is 495. The Balaban J connectivity index is 2.14. The van der Waals surface area contributed by atoms with Crippen LogP contribution >= 0.6 is 23.6 Å². The largest absolute Gasteiger partial charge is 0.328 e. The number of rotatable bonds is 3. The molecule has 2 aromatic rings. The molecular weight excluding hydrogens is 230 g/mol. The second kappa shape index (κ2) is 4.11. The van der Waals surface area contributed by atoms with Crippen molar-refractivity contribution in [2.45, 2.75) is 19.9 Å². The number of H-pyrrole nitrogens is 1. The summed E-state index contributed by atoms with van der Waals surface area (Å²) in [5.41, 5.74) is 0.918. The topological polar surface area (TPSA) is 58.5 Å². The number of nitrogens with one attached hydrogen (secondary N) is 2. The lowest BCUT2D eigenvalue weighted by atomic mass is 10.4. The number of hydrogen-bond donors (Lipinski definition) is 2. The first-order valence-electron chi connectivity index (χ1n) is 4.52. The van der Waals surface area contributed by atoms with Crippen LogP contribution in [0.15, 0.2) is 12.4 Å². The van der Waals surface area contributed by atoms with Gasteiger partial charge in [0.25, 0.3) is 0 Å². The van der Waals surface area contributed by atoms with Gasteiger partial charge in [0.1, 0.15) is 0 Å². The van der Waals surface area contributed by atoms with Gasteiger partial charge >= 0.3 is 0 Å². The average Bonchev–Trinajstić information content (AvgIpc) is 2.76. The van der Waals surface area contributed by atoms with Crippen molar-refractivity contribution in [2.75, 3.05) is 5.32 Å². The minimum absolute atomic E-state index is 0.359. The summed E-state index contributed by atoms with van der Waals surface area (Å²) < 4.78 is 2.54. The summed E-state index contributed by atoms with van der Waals surface area (Å²) in [6.07, 6.45) is 3.71. The summed E-state index contributed by atoms with van der Waals surface area (Å²) in [5.74, 6) is 0. The first-order valence-corrected chi connectivity index (χ1v) is 5.74. The Hall–Kier alpha value is -1.21. The van der Waals surface area contributed by atoms with Gasteiger partial charge in [-0.25, -0.2) is 0 Å². The molecule has 0 amide bonds. The van der Waals surface area contributed by atoms with Gasteiger partial charge in [-0.1, -0.05) is 11.3 Å². The molecule has 2 aromatic heterocycles. The number of aromatic nitrogens is 4. The van der Waals surface area contributed by atoms with Crippen LogP contribution in [0.25, 0.3) is 0 Å². The maximum absolute atomic E-state index is 4.94. The zero-order valence-corrected chi connectivity index (χ0v) is 10.0.